The molecule has 0 aliphatic rings. The monoisotopic (exact) mass is 574 g/mol. The van der Waals surface area contributed by atoms with Gasteiger partial charge >= 0.3 is 0 Å². The Balaban J connectivity index is 1.41. The van der Waals surface area contributed by atoms with Crippen LogP contribution in [0.3, 0.4) is 0 Å². The number of nitrogens with one attached hydrogen (secondary N) is 1. The molecule has 0 spiro atoms. The first-order valence-corrected chi connectivity index (χ1v) is 14.4. The fourth-order valence-corrected chi connectivity index (χ4v) is 5.67. The van der Waals surface area contributed by atoms with Crippen molar-refractivity contribution < 1.29 is 22.5 Å². The predicted octanol–water partition coefficient (Wildman–Crippen LogP) is 6.21. The van der Waals surface area contributed by atoms with Gasteiger partial charge in [-0.3, -0.25) is 8.98 Å². The van der Waals surface area contributed by atoms with E-state index in [0.717, 1.165) is 22.0 Å². The normalized spacial score (nSPS) is 13.2. The van der Waals surface area contributed by atoms with Crippen molar-refractivity contribution in [1.29, 1.82) is 0 Å². The maximum Gasteiger partial charge on any atom is 0.297 e. The van der Waals surface area contributed by atoms with Gasteiger partial charge in [-0.25, -0.2) is 0 Å². The zero-order valence-electron chi connectivity index (χ0n) is 21.6. The van der Waals surface area contributed by atoms with Crippen molar-refractivity contribution in [2.24, 2.45) is 0 Å². The van der Waals surface area contributed by atoms with Crippen molar-refractivity contribution in [2.45, 2.75) is 24.0 Å². The van der Waals surface area contributed by atoms with E-state index >= 15 is 0 Å². The van der Waals surface area contributed by atoms with Gasteiger partial charge in [-0.1, -0.05) is 65.7 Å². The molecule has 0 fully saturated rings. The number of hydrogen-bond acceptors (Lipinski definition) is 5. The summed E-state index contributed by atoms with van der Waals surface area (Å²) in [6.45, 7) is 1.41. The molecule has 1 amide bonds. The maximum atomic E-state index is 12.9. The first-order chi connectivity index (χ1) is 19.2. The molecule has 2 N–H and O–H groups in total. The average molecular weight is 575 g/mol. The van der Waals surface area contributed by atoms with E-state index in [4.69, 9.17) is 15.8 Å². The Kier molecular flexibility index (Phi) is 8.04. The van der Waals surface area contributed by atoms with Crippen LogP contribution in [0.1, 0.15) is 27.5 Å². The van der Waals surface area contributed by atoms with Gasteiger partial charge in [-0.2, -0.15) is 8.42 Å². The average Bonchev–Trinajstić information content (AvgIpc) is 3.36. The second-order valence-corrected chi connectivity index (χ2v) is 11.5. The van der Waals surface area contributed by atoms with Gasteiger partial charge in [0.15, 0.2) is 0 Å². The number of nitrogens with zero attached hydrogens (tertiary/aromatic N) is 1. The van der Waals surface area contributed by atoms with Crippen molar-refractivity contribution >= 4 is 44.2 Å². The number of fused-ring (bicyclic) bond motifs is 1. The van der Waals surface area contributed by atoms with Crippen LogP contribution in [-0.2, 0) is 14.3 Å². The molecule has 2 atom stereocenters. The number of hydrogen-bond donors (Lipinski definition) is 2. The molecular weight excluding hydrogens is 548 g/mol. The van der Waals surface area contributed by atoms with E-state index in [1.54, 1.807) is 60.8 Å². The molecule has 0 aliphatic carbocycles. The lowest BCUT2D eigenvalue weighted by molar-refractivity contribution is 0.0785. The van der Waals surface area contributed by atoms with Crippen LogP contribution >= 0.6 is 11.6 Å². The molecule has 7 nitrogen and oxygen atoms in total. The van der Waals surface area contributed by atoms with Crippen LogP contribution in [-0.4, -0.2) is 36.7 Å². The largest absolute Gasteiger partial charge is 0.388 e. The number of aliphatic hydroxyl groups excluding tert-OH is 1. The van der Waals surface area contributed by atoms with Crippen molar-refractivity contribution in [1.82, 2.24) is 4.57 Å². The summed E-state index contributed by atoms with van der Waals surface area (Å²) in [5.74, 6) is -0.286. The van der Waals surface area contributed by atoms with Gasteiger partial charge in [-0.15, -0.1) is 0 Å². The minimum Gasteiger partial charge on any atom is -0.388 e. The molecule has 0 radical (unpaired) electrons. The highest BCUT2D eigenvalue weighted by molar-refractivity contribution is 7.86. The van der Waals surface area contributed by atoms with Crippen LogP contribution in [0.2, 0.25) is 5.02 Å². The third-order valence-electron chi connectivity index (χ3n) is 6.57. The Labute approximate surface area is 237 Å². The number of halogens is 1. The zero-order valence-corrected chi connectivity index (χ0v) is 23.1. The third kappa shape index (κ3) is 6.11. The van der Waals surface area contributed by atoms with Crippen LogP contribution in [0.5, 0.6) is 0 Å². The molecule has 0 bridgehead atoms. The molecule has 204 valence electrons. The second-order valence-electron chi connectivity index (χ2n) is 9.44. The first kappa shape index (κ1) is 27.6. The van der Waals surface area contributed by atoms with E-state index in [0.29, 0.717) is 16.3 Å². The predicted molar refractivity (Wildman–Crippen MR) is 156 cm³/mol. The number of anilines is 1. The van der Waals surface area contributed by atoms with Crippen LogP contribution < -0.4 is 5.32 Å². The molecule has 5 rings (SSSR count). The first-order valence-electron chi connectivity index (χ1n) is 12.6. The van der Waals surface area contributed by atoms with E-state index in [9.17, 15) is 18.3 Å². The molecular formula is C31H27ClN2O5S. The molecule has 1 heterocycles. The molecule has 9 heteroatoms. The third-order valence-corrected chi connectivity index (χ3v) is 8.10. The SMILES string of the molecule is Cc1ccc(S(=O)(=O)OCC(O)C(c2ccccc2)n2ccc3cc(C(=O)Nc4cccc(Cl)c4)ccc32)cc1. The molecule has 1 aromatic heterocycles. The van der Waals surface area contributed by atoms with Crippen molar-refractivity contribution in [3.63, 3.8) is 0 Å². The summed E-state index contributed by atoms with van der Waals surface area (Å²) in [5.41, 5.74) is 3.49. The number of aliphatic hydroxyl groups is 1. The highest BCUT2D eigenvalue weighted by atomic mass is 35.5. The number of amides is 1. The summed E-state index contributed by atoms with van der Waals surface area (Å²) in [6.07, 6.45) is 0.600. The number of rotatable bonds is 9. The summed E-state index contributed by atoms with van der Waals surface area (Å²) < 4.78 is 32.7. The van der Waals surface area contributed by atoms with Gasteiger partial charge in [0.25, 0.3) is 16.0 Å². The van der Waals surface area contributed by atoms with Gasteiger partial charge in [0, 0.05) is 33.4 Å². The van der Waals surface area contributed by atoms with Gasteiger partial charge < -0.3 is 15.0 Å². The Bertz CT molecular complexity index is 1750. The second kappa shape index (κ2) is 11.7. The topological polar surface area (TPSA) is 97.6 Å². The summed E-state index contributed by atoms with van der Waals surface area (Å²) in [7, 11) is -4.06. The van der Waals surface area contributed by atoms with E-state index < -0.39 is 28.9 Å². The van der Waals surface area contributed by atoms with Crippen LogP contribution in [0.4, 0.5) is 5.69 Å². The number of aromatic nitrogens is 1. The molecule has 4 aromatic carbocycles. The van der Waals surface area contributed by atoms with E-state index in [1.165, 1.54) is 12.1 Å². The van der Waals surface area contributed by atoms with Crippen LogP contribution in [0.25, 0.3) is 10.9 Å². The lowest BCUT2D eigenvalue weighted by Gasteiger charge is -2.26. The van der Waals surface area contributed by atoms with Gasteiger partial charge in [-0.05, 0) is 67.1 Å². The number of aryl methyl sites for hydroxylation is 1. The van der Waals surface area contributed by atoms with Gasteiger partial charge in [0.1, 0.15) is 6.10 Å². The summed E-state index contributed by atoms with van der Waals surface area (Å²) in [4.78, 5) is 12.9. The summed E-state index contributed by atoms with van der Waals surface area (Å²) >= 11 is 6.03. The minimum absolute atomic E-state index is 0.0246. The lowest BCUT2D eigenvalue weighted by Crippen LogP contribution is -2.30. The quantitative estimate of drug-likeness (QED) is 0.204. The molecule has 0 saturated carbocycles. The fraction of sp³-hybridized carbons (Fsp3) is 0.129. The van der Waals surface area contributed by atoms with Crippen molar-refractivity contribution in [3.05, 3.63) is 131 Å². The molecule has 2 unspecified atom stereocenters. The molecule has 0 aliphatic heterocycles. The molecule has 40 heavy (non-hydrogen) atoms. The van der Waals surface area contributed by atoms with Crippen LogP contribution in [0.15, 0.2) is 114 Å². The Morgan fingerprint density at radius 1 is 0.950 bits per heavy atom. The van der Waals surface area contributed by atoms with Crippen LogP contribution in [0, 0.1) is 6.92 Å². The number of carbonyl (C=O) groups is 1. The number of carbonyl (C=O) groups excluding carboxylic acids is 1. The molecule has 5 aromatic rings. The Morgan fingerprint density at radius 3 is 2.42 bits per heavy atom. The standard InChI is InChI=1S/C31H27ClN2O5S/c1-21-10-13-27(14-11-21)40(37,38)39-20-29(35)30(22-6-3-2-4-7-22)34-17-16-23-18-24(12-15-28(23)34)31(36)33-26-9-5-8-25(32)19-26/h2-19,29-30,35H,20H2,1H3,(H,33,36). The maximum absolute atomic E-state index is 12.9. The van der Waals surface area contributed by atoms with Crippen molar-refractivity contribution in [2.75, 3.05) is 11.9 Å². The minimum atomic E-state index is -4.06. The van der Waals surface area contributed by atoms with Gasteiger partial charge in [0.2, 0.25) is 0 Å². The summed E-state index contributed by atoms with van der Waals surface area (Å²) in [5, 5.41) is 15.4. The zero-order chi connectivity index (χ0) is 28.3. The Morgan fingerprint density at radius 2 is 1.70 bits per heavy atom. The lowest BCUT2D eigenvalue weighted by atomic mass is 10.0. The van der Waals surface area contributed by atoms with E-state index in [-0.39, 0.29) is 10.8 Å². The smallest absolute Gasteiger partial charge is 0.297 e. The van der Waals surface area contributed by atoms with E-state index in [1.807, 2.05) is 47.9 Å². The number of benzene rings is 4. The highest BCUT2D eigenvalue weighted by Gasteiger charge is 2.27. The fourth-order valence-electron chi connectivity index (χ4n) is 4.56. The highest BCUT2D eigenvalue weighted by Crippen LogP contribution is 2.30. The molecule has 0 saturated heterocycles. The summed E-state index contributed by atoms with van der Waals surface area (Å²) in [6, 6.07) is 29.0. The van der Waals surface area contributed by atoms with Gasteiger partial charge in [0.05, 0.1) is 17.5 Å². The van der Waals surface area contributed by atoms with Crippen molar-refractivity contribution in [3.8, 4) is 0 Å². The van der Waals surface area contributed by atoms with E-state index in [2.05, 4.69) is 5.32 Å². The Hall–Kier alpha value is -3.95.